The monoisotopic (exact) mass is 327 g/mol. The van der Waals surface area contributed by atoms with Crippen LogP contribution in [-0.4, -0.2) is 0 Å². The summed E-state index contributed by atoms with van der Waals surface area (Å²) in [7, 11) is 0. The molecule has 0 atom stereocenters. The molecule has 56 valence electrons. The summed E-state index contributed by atoms with van der Waals surface area (Å²) in [4.78, 5) is 0. The number of thiol groups is 1. The van der Waals surface area contributed by atoms with Crippen molar-refractivity contribution in [1.29, 1.82) is 0 Å². The second kappa shape index (κ2) is 61.6. The second-order valence-corrected chi connectivity index (χ2v) is 0. The zero-order valence-corrected chi connectivity index (χ0v) is 10.6. The fourth-order valence-corrected chi connectivity index (χ4v) is 0. The van der Waals surface area contributed by atoms with Crippen LogP contribution in [0, 0.1) is 0 Å². The molecule has 0 aromatic rings. The summed E-state index contributed by atoms with van der Waals surface area (Å²) in [6, 6.07) is 0. The van der Waals surface area contributed by atoms with Crippen LogP contribution in [0.4, 0.5) is 0 Å². The summed E-state index contributed by atoms with van der Waals surface area (Å²) in [6.07, 6.45) is 0. The standard InChI is InChI=1S/4Fe.3H2S/h;;;;3*1H2/p+1. The molecule has 0 nitrogen and oxygen atoms in total. The van der Waals surface area contributed by atoms with Crippen LogP contribution in [0.1, 0.15) is 0 Å². The Bertz CT molecular complexity index is 6.90. The molecule has 0 unspecified atom stereocenters. The van der Waals surface area contributed by atoms with Crippen molar-refractivity contribution in [2.75, 3.05) is 0 Å². The molecule has 0 amide bonds. The Morgan fingerprint density at radius 3 is 0.429 bits per heavy atom. The van der Waals surface area contributed by atoms with Crippen molar-refractivity contribution in [2.24, 2.45) is 0 Å². The topological polar surface area (TPSA) is 0 Å². The van der Waals surface area contributed by atoms with Crippen molar-refractivity contribution in [3.8, 4) is 0 Å². The Balaban J connectivity index is 0. The molecule has 0 saturated carbocycles. The summed E-state index contributed by atoms with van der Waals surface area (Å²) < 4.78 is 0. The molecule has 0 aromatic heterocycles. The molecule has 0 aliphatic heterocycles. The normalized spacial score (nSPS) is 0. The minimum absolute atomic E-state index is 0. The van der Waals surface area contributed by atoms with Gasteiger partial charge in [-0.15, -0.1) is 0 Å². The Morgan fingerprint density at radius 1 is 0.429 bits per heavy atom. The molecule has 0 spiro atoms. The Morgan fingerprint density at radius 2 is 0.429 bits per heavy atom. The molecule has 0 radical (unpaired) electrons. The third kappa shape index (κ3) is 47.4. The maximum Gasteiger partial charge on any atom is 0 e. The molecule has 0 saturated heterocycles. The van der Waals surface area contributed by atoms with Gasteiger partial charge in [-0.1, -0.05) is 27.0 Å². The van der Waals surface area contributed by atoms with Crippen LogP contribution in [0.3, 0.4) is 0 Å². The second-order valence-electron chi connectivity index (χ2n) is 0. The zero-order valence-electron chi connectivity index (χ0n) is 3.02. The first kappa shape index (κ1) is 86.2. The fourth-order valence-electron chi connectivity index (χ4n) is 0. The third-order valence-corrected chi connectivity index (χ3v) is 0. The summed E-state index contributed by atoms with van der Waals surface area (Å²) in [5, 5.41) is 0. The predicted octanol–water partition coefficient (Wildman–Crippen LogP) is -1.89. The van der Waals surface area contributed by atoms with Gasteiger partial charge in [0.05, 0.1) is 0 Å². The quantitative estimate of drug-likeness (QED) is 0.217. The van der Waals surface area contributed by atoms with Crippen LogP contribution >= 0.6 is 0 Å². The van der Waals surface area contributed by atoms with Crippen LogP contribution in [0.5, 0.6) is 0 Å². The maximum atomic E-state index is 0. The Hall–Kier alpha value is 3.13. The first-order valence-electron chi connectivity index (χ1n) is 0. The van der Waals surface area contributed by atoms with E-state index in [0.717, 1.165) is 0 Å². The van der Waals surface area contributed by atoms with E-state index in [-0.39, 0.29) is 109 Å². The van der Waals surface area contributed by atoms with Crippen molar-refractivity contribution in [3.05, 3.63) is 0 Å². The van der Waals surface area contributed by atoms with Crippen molar-refractivity contribution in [3.63, 3.8) is 0 Å². The van der Waals surface area contributed by atoms with Crippen LogP contribution in [0.2, 0.25) is 0 Å². The molecular formula is H7Fe4S3+. The van der Waals surface area contributed by atoms with Gasteiger partial charge in [-0.25, -0.2) is 0 Å². The first-order chi connectivity index (χ1) is 0. The zero-order chi connectivity index (χ0) is 0. The number of hydrogen-bond donors (Lipinski definition) is 0. The van der Waals surface area contributed by atoms with E-state index >= 15 is 0 Å². The van der Waals surface area contributed by atoms with Gasteiger partial charge >= 0.3 is 0 Å². The Kier molecular flexibility index (Phi) is 759. The van der Waals surface area contributed by atoms with Gasteiger partial charge in [-0.05, 0) is 0 Å². The molecule has 7 heavy (non-hydrogen) atoms. The number of hydrogen-bond acceptors (Lipinski definition) is 1. The van der Waals surface area contributed by atoms with E-state index < -0.39 is 0 Å². The summed E-state index contributed by atoms with van der Waals surface area (Å²) in [5.41, 5.74) is 0. The van der Waals surface area contributed by atoms with Crippen LogP contribution in [0.25, 0.3) is 0 Å². The van der Waals surface area contributed by atoms with Gasteiger partial charge in [0.2, 0.25) is 0 Å². The molecule has 0 aromatic carbocycles. The van der Waals surface area contributed by atoms with Gasteiger partial charge < -0.3 is 13.5 Å². The molecule has 0 N–H and O–H groups in total. The molecule has 0 rings (SSSR count). The average molecular weight is 327 g/mol. The number of rotatable bonds is 0. The molecule has 0 heterocycles. The van der Waals surface area contributed by atoms with E-state index in [0.29, 0.717) is 0 Å². The van der Waals surface area contributed by atoms with E-state index in [1.54, 1.807) is 0 Å². The van der Waals surface area contributed by atoms with Crippen molar-refractivity contribution < 1.29 is 68.3 Å². The Labute approximate surface area is 107 Å². The van der Waals surface area contributed by atoms with Gasteiger partial charge in [0.25, 0.3) is 0 Å². The summed E-state index contributed by atoms with van der Waals surface area (Å²) >= 11 is 0. The predicted molar refractivity (Wildman–Crippen MR) is 31.9 cm³/mol. The van der Waals surface area contributed by atoms with Crippen molar-refractivity contribution >= 4 is 40.5 Å². The van der Waals surface area contributed by atoms with Gasteiger partial charge in [0, 0.05) is 68.3 Å². The fraction of sp³-hybridized carbons (Fsp3) is 0. The van der Waals surface area contributed by atoms with Gasteiger partial charge in [0.15, 0.2) is 0 Å². The van der Waals surface area contributed by atoms with Crippen LogP contribution < -0.4 is 0 Å². The smallest absolute Gasteiger partial charge is 0 e. The maximum absolute atomic E-state index is 0. The van der Waals surface area contributed by atoms with E-state index in [1.807, 2.05) is 0 Å². The molecule has 0 fully saturated rings. The van der Waals surface area contributed by atoms with Crippen LogP contribution in [-0.2, 0) is 109 Å². The summed E-state index contributed by atoms with van der Waals surface area (Å²) in [6.45, 7) is 0. The minimum atomic E-state index is 0. The minimum Gasteiger partial charge on any atom is -0.813 e. The van der Waals surface area contributed by atoms with E-state index in [9.17, 15) is 0 Å². The molecule has 0 aliphatic carbocycles. The third-order valence-electron chi connectivity index (χ3n) is 0. The summed E-state index contributed by atoms with van der Waals surface area (Å²) in [5.74, 6) is 0. The average Bonchev–Trinajstić information content (AvgIpc) is 0. The van der Waals surface area contributed by atoms with Gasteiger partial charge in [-0.3, -0.25) is 0 Å². The largest absolute Gasteiger partial charge is 0.813 e. The van der Waals surface area contributed by atoms with E-state index in [1.165, 1.54) is 0 Å². The van der Waals surface area contributed by atoms with E-state index in [2.05, 4.69) is 0 Å². The first-order valence-corrected chi connectivity index (χ1v) is 0. The van der Waals surface area contributed by atoms with Crippen LogP contribution in [0.15, 0.2) is 0 Å². The molecule has 7 heteroatoms. The van der Waals surface area contributed by atoms with Crippen molar-refractivity contribution in [2.45, 2.75) is 0 Å². The van der Waals surface area contributed by atoms with Gasteiger partial charge in [-0.2, -0.15) is 0 Å². The van der Waals surface area contributed by atoms with E-state index in [4.69, 9.17) is 0 Å². The molecular weight excluding hydrogens is 320 g/mol. The SMILES string of the molecule is [Fe].[Fe].[Fe].[Fe].[SH-].[SH3+].[SH3+]. The van der Waals surface area contributed by atoms with Gasteiger partial charge in [0.1, 0.15) is 0 Å². The molecule has 0 bridgehead atoms. The van der Waals surface area contributed by atoms with Crippen molar-refractivity contribution in [1.82, 2.24) is 0 Å². The molecule has 0 aliphatic rings.